The van der Waals surface area contributed by atoms with Gasteiger partial charge >= 0.3 is 7.12 Å². The molecule has 0 aromatic carbocycles. The lowest BCUT2D eigenvalue weighted by Crippen LogP contribution is -2.43. The van der Waals surface area contributed by atoms with Gasteiger partial charge in [0.25, 0.3) is 0 Å². The number of thiophene rings is 1. The van der Waals surface area contributed by atoms with E-state index in [1.54, 1.807) is 26.8 Å². The smallest absolute Gasteiger partial charge is 0.423 e. The predicted octanol–water partition coefficient (Wildman–Crippen LogP) is 0.457. The van der Waals surface area contributed by atoms with Crippen molar-refractivity contribution in [3.8, 4) is 0 Å². The van der Waals surface area contributed by atoms with Crippen molar-refractivity contribution in [3.63, 3.8) is 0 Å². The van der Waals surface area contributed by atoms with Crippen molar-refractivity contribution >= 4 is 33.9 Å². The molecule has 8 heteroatoms. The molecule has 0 aliphatic heterocycles. The molecule has 3 N–H and O–H groups in total. The lowest BCUT2D eigenvalue weighted by atomic mass is 9.82. The molecule has 0 amide bonds. The quantitative estimate of drug-likeness (QED) is 0.690. The summed E-state index contributed by atoms with van der Waals surface area (Å²) in [5.74, 6) is 0. The van der Waals surface area contributed by atoms with E-state index in [1.807, 2.05) is 6.92 Å². The Morgan fingerprint density at radius 2 is 1.95 bits per heavy atom. The largest absolute Gasteiger partial charge is 0.490 e. The second-order valence-corrected chi connectivity index (χ2v) is 8.45. The Bertz CT molecular complexity index is 531. The summed E-state index contributed by atoms with van der Waals surface area (Å²) in [6.45, 7) is 7.19. The molecule has 0 spiro atoms. The molecule has 5 nitrogen and oxygen atoms in total. The summed E-state index contributed by atoms with van der Waals surface area (Å²) in [6, 6.07) is 1.55. The van der Waals surface area contributed by atoms with E-state index >= 15 is 0 Å². The van der Waals surface area contributed by atoms with E-state index in [9.17, 15) is 18.5 Å². The number of rotatable bonds is 5. The van der Waals surface area contributed by atoms with Crippen molar-refractivity contribution < 1.29 is 18.5 Å². The van der Waals surface area contributed by atoms with Gasteiger partial charge in [-0.25, -0.2) is 13.1 Å². The monoisotopic (exact) mass is 305 g/mol. The van der Waals surface area contributed by atoms with E-state index in [0.29, 0.717) is 0 Å². The van der Waals surface area contributed by atoms with Crippen LogP contribution in [0.5, 0.6) is 0 Å². The van der Waals surface area contributed by atoms with Gasteiger partial charge in [-0.05, 0) is 33.3 Å². The fraction of sp³-hybridized carbons (Fsp3) is 0.636. The third-order valence-electron chi connectivity index (χ3n) is 2.24. The fourth-order valence-electron chi connectivity index (χ4n) is 1.65. The van der Waals surface area contributed by atoms with E-state index in [0.717, 1.165) is 29.1 Å². The number of hydrogen-bond acceptors (Lipinski definition) is 5. The first-order chi connectivity index (χ1) is 8.57. The van der Waals surface area contributed by atoms with Crippen LogP contribution in [0.25, 0.3) is 0 Å². The van der Waals surface area contributed by atoms with Gasteiger partial charge in [0.2, 0.25) is 10.0 Å². The van der Waals surface area contributed by atoms with Crippen molar-refractivity contribution in [1.29, 1.82) is 0 Å². The second kappa shape index (κ2) is 5.93. The van der Waals surface area contributed by atoms with Crippen LogP contribution in [-0.4, -0.2) is 31.1 Å². The first-order valence-electron chi connectivity index (χ1n) is 6.09. The van der Waals surface area contributed by atoms with Crippen molar-refractivity contribution in [3.05, 3.63) is 10.9 Å². The zero-order valence-electron chi connectivity index (χ0n) is 11.6. The highest BCUT2D eigenvalue weighted by molar-refractivity contribution is 7.92. The van der Waals surface area contributed by atoms with Crippen LogP contribution < -0.4 is 10.2 Å². The van der Waals surface area contributed by atoms with Crippen molar-refractivity contribution in [2.24, 2.45) is 0 Å². The van der Waals surface area contributed by atoms with Crippen LogP contribution >= 0.6 is 11.3 Å². The van der Waals surface area contributed by atoms with Gasteiger partial charge < -0.3 is 10.0 Å². The molecular formula is C11H20BNO4S2. The minimum atomic E-state index is -3.74. The average molecular weight is 305 g/mol. The molecule has 0 atom stereocenters. The van der Waals surface area contributed by atoms with E-state index in [4.69, 9.17) is 0 Å². The minimum Gasteiger partial charge on any atom is -0.423 e. The van der Waals surface area contributed by atoms with Crippen LogP contribution in [-0.2, 0) is 16.4 Å². The summed E-state index contributed by atoms with van der Waals surface area (Å²) in [4.78, 5) is 0.833. The molecule has 0 unspecified atom stereocenters. The Kier molecular flexibility index (Phi) is 5.19. The molecule has 0 radical (unpaired) electrons. The van der Waals surface area contributed by atoms with Crippen molar-refractivity contribution in [2.45, 2.75) is 50.3 Å². The molecule has 0 saturated carbocycles. The molecule has 0 fully saturated rings. The Balaban J connectivity index is 3.24. The van der Waals surface area contributed by atoms with Crippen LogP contribution in [0.3, 0.4) is 0 Å². The lowest BCUT2D eigenvalue weighted by molar-refractivity contribution is 0.424. The van der Waals surface area contributed by atoms with Crippen molar-refractivity contribution in [2.75, 3.05) is 0 Å². The van der Waals surface area contributed by atoms with Crippen molar-refractivity contribution in [1.82, 2.24) is 4.72 Å². The minimum absolute atomic E-state index is 0.0131. The van der Waals surface area contributed by atoms with Crippen LogP contribution in [0.1, 0.15) is 39.0 Å². The van der Waals surface area contributed by atoms with E-state index < -0.39 is 22.7 Å². The van der Waals surface area contributed by atoms with Crippen LogP contribution in [0.15, 0.2) is 10.3 Å². The third-order valence-corrected chi connectivity index (χ3v) is 5.75. The van der Waals surface area contributed by atoms with E-state index in [1.165, 1.54) is 0 Å². The van der Waals surface area contributed by atoms with Gasteiger partial charge in [0.05, 0.1) is 0 Å². The fourth-order valence-corrected chi connectivity index (χ4v) is 4.92. The standard InChI is InChI=1S/C11H20BNO4S2/c1-5-6-8-7-9(12(14)15)10(18-8)19(16,17)13-11(2,3)4/h7,13-15H,5-6H2,1-4H3. The highest BCUT2D eigenvalue weighted by atomic mass is 32.2. The van der Waals surface area contributed by atoms with Gasteiger partial charge in [0.1, 0.15) is 4.21 Å². The molecule has 108 valence electrons. The third kappa shape index (κ3) is 4.57. The first-order valence-corrected chi connectivity index (χ1v) is 8.39. The van der Waals surface area contributed by atoms with Crippen LogP contribution in [0.4, 0.5) is 0 Å². The second-order valence-electron chi connectivity index (χ2n) is 5.43. The van der Waals surface area contributed by atoms with Gasteiger partial charge in [-0.2, -0.15) is 0 Å². The molecule has 1 aromatic rings. The molecule has 19 heavy (non-hydrogen) atoms. The molecule has 1 aromatic heterocycles. The Labute approximate surface area is 118 Å². The first kappa shape index (κ1) is 16.6. The predicted molar refractivity (Wildman–Crippen MR) is 78.2 cm³/mol. The molecule has 1 rings (SSSR count). The SMILES string of the molecule is CCCc1cc(B(O)O)c(S(=O)(=O)NC(C)(C)C)s1. The van der Waals surface area contributed by atoms with Gasteiger partial charge in [-0.1, -0.05) is 13.3 Å². The molecule has 1 heterocycles. The zero-order chi connectivity index (χ0) is 14.8. The highest BCUT2D eigenvalue weighted by Crippen LogP contribution is 2.22. The number of sulfonamides is 1. The molecule has 0 aliphatic carbocycles. The lowest BCUT2D eigenvalue weighted by Gasteiger charge is -2.20. The zero-order valence-corrected chi connectivity index (χ0v) is 13.2. The van der Waals surface area contributed by atoms with E-state index in [2.05, 4.69) is 4.72 Å². The van der Waals surface area contributed by atoms with Gasteiger partial charge in [-0.3, -0.25) is 0 Å². The summed E-state index contributed by atoms with van der Waals surface area (Å²) in [6.07, 6.45) is 1.59. The van der Waals surface area contributed by atoms with E-state index in [-0.39, 0.29) is 9.67 Å². The van der Waals surface area contributed by atoms with Crippen LogP contribution in [0, 0.1) is 0 Å². The topological polar surface area (TPSA) is 86.6 Å². The maximum Gasteiger partial charge on any atom is 0.490 e. The molecule has 0 saturated heterocycles. The Morgan fingerprint density at radius 1 is 1.37 bits per heavy atom. The van der Waals surface area contributed by atoms with Gasteiger partial charge in [0.15, 0.2) is 0 Å². The summed E-state index contributed by atoms with van der Waals surface area (Å²) in [7, 11) is -5.53. The summed E-state index contributed by atoms with van der Waals surface area (Å²) >= 11 is 1.09. The maximum atomic E-state index is 12.3. The normalized spacial score (nSPS) is 12.7. The Hall–Kier alpha value is -0.405. The van der Waals surface area contributed by atoms with Crippen LogP contribution in [0.2, 0.25) is 0 Å². The highest BCUT2D eigenvalue weighted by Gasteiger charge is 2.30. The number of aryl methyl sites for hydroxylation is 1. The average Bonchev–Trinajstić information content (AvgIpc) is 2.59. The van der Waals surface area contributed by atoms with Gasteiger partial charge in [-0.15, -0.1) is 11.3 Å². The summed E-state index contributed by atoms with van der Waals surface area (Å²) < 4.78 is 27.0. The molecular weight excluding hydrogens is 285 g/mol. The number of nitrogens with one attached hydrogen (secondary N) is 1. The number of hydrogen-bond donors (Lipinski definition) is 3. The van der Waals surface area contributed by atoms with Gasteiger partial charge in [0, 0.05) is 15.9 Å². The summed E-state index contributed by atoms with van der Waals surface area (Å²) in [5.41, 5.74) is -0.573. The maximum absolute atomic E-state index is 12.3. The molecule has 0 aliphatic rings. The Morgan fingerprint density at radius 3 is 2.37 bits per heavy atom. The summed E-state index contributed by atoms with van der Waals surface area (Å²) in [5, 5.41) is 18.6. The molecule has 0 bridgehead atoms.